The van der Waals surface area contributed by atoms with Gasteiger partial charge in [0.15, 0.2) is 33.3 Å². The van der Waals surface area contributed by atoms with E-state index in [1.807, 2.05) is 0 Å². The van der Waals surface area contributed by atoms with Gasteiger partial charge in [0.05, 0.1) is 6.61 Å². The Balaban J connectivity index is 6.25. The molecule has 0 saturated heterocycles. The van der Waals surface area contributed by atoms with E-state index in [9.17, 15) is 9.59 Å². The molecule has 0 bridgehead atoms. The molecular formula is C22H54N2O8Si6. The van der Waals surface area contributed by atoms with E-state index in [0.29, 0.717) is 24.5 Å². The average Bonchev–Trinajstić information content (AvgIpc) is 2.59. The lowest BCUT2D eigenvalue weighted by Crippen LogP contribution is -2.61. The average molecular weight is 643 g/mol. The third kappa shape index (κ3) is 19.6. The molecule has 3 N–H and O–H groups in total. The molecule has 1 atom stereocenters. The van der Waals surface area contributed by atoms with Gasteiger partial charge in [-0.1, -0.05) is 6.58 Å². The number of urea groups is 1. The first-order chi connectivity index (χ1) is 16.8. The molecule has 10 nitrogen and oxygen atoms in total. The minimum absolute atomic E-state index is 0.116. The zero-order valence-electron chi connectivity index (χ0n) is 26.0. The number of esters is 1. The molecular weight excluding hydrogens is 589 g/mol. The van der Waals surface area contributed by atoms with Gasteiger partial charge in [-0.2, -0.15) is 0 Å². The van der Waals surface area contributed by atoms with Crippen molar-refractivity contribution in [2.45, 2.75) is 110 Å². The molecule has 0 fully saturated rings. The number of amides is 2. The van der Waals surface area contributed by atoms with Crippen molar-refractivity contribution < 1.29 is 34.9 Å². The molecule has 1 unspecified atom stereocenters. The van der Waals surface area contributed by atoms with Crippen molar-refractivity contribution in [1.29, 1.82) is 0 Å². The van der Waals surface area contributed by atoms with Gasteiger partial charge in [0, 0.05) is 24.1 Å². The van der Waals surface area contributed by atoms with Crippen LogP contribution in [-0.4, -0.2) is 76.3 Å². The van der Waals surface area contributed by atoms with E-state index < -0.39 is 63.6 Å². The van der Waals surface area contributed by atoms with Gasteiger partial charge in [0.2, 0.25) is 0 Å². The van der Waals surface area contributed by atoms with E-state index in [0.717, 1.165) is 0 Å². The Bertz CT molecular complexity index is 759. The monoisotopic (exact) mass is 642 g/mol. The van der Waals surface area contributed by atoms with Gasteiger partial charge in [-0.25, -0.2) is 9.59 Å². The van der Waals surface area contributed by atoms with Crippen LogP contribution in [0, 0.1) is 0 Å². The molecule has 0 heterocycles. The van der Waals surface area contributed by atoms with Crippen molar-refractivity contribution in [2.24, 2.45) is 5.73 Å². The van der Waals surface area contributed by atoms with Crippen LogP contribution in [-0.2, 0) is 30.1 Å². The Morgan fingerprint density at radius 3 is 1.58 bits per heavy atom. The topological polar surface area (TPSA) is 128 Å². The zero-order chi connectivity index (χ0) is 30.2. The summed E-state index contributed by atoms with van der Waals surface area (Å²) in [6.07, 6.45) is 0.847. The minimum atomic E-state index is -3.36. The van der Waals surface area contributed by atoms with E-state index in [4.69, 9.17) is 31.0 Å². The van der Waals surface area contributed by atoms with Gasteiger partial charge in [-0.05, 0) is 91.9 Å². The summed E-state index contributed by atoms with van der Waals surface area (Å²) >= 11 is 0. The highest BCUT2D eigenvalue weighted by Gasteiger charge is 2.51. The maximum absolute atomic E-state index is 11.8. The summed E-state index contributed by atoms with van der Waals surface area (Å²) in [6, 6.07) is -0.579. The molecule has 0 aliphatic rings. The predicted octanol–water partition coefficient (Wildman–Crippen LogP) is 5.00. The molecule has 0 aromatic heterocycles. The fourth-order valence-corrected chi connectivity index (χ4v) is 22.1. The highest BCUT2D eigenvalue weighted by Crippen LogP contribution is 2.30. The van der Waals surface area contributed by atoms with Crippen molar-refractivity contribution in [3.8, 4) is 0 Å². The van der Waals surface area contributed by atoms with Gasteiger partial charge in [0.25, 0.3) is 0 Å². The molecule has 0 aliphatic heterocycles. The van der Waals surface area contributed by atoms with Gasteiger partial charge in [-0.15, -0.1) is 0 Å². The summed E-state index contributed by atoms with van der Waals surface area (Å²) in [7, 11) is -14.3. The molecule has 0 aromatic rings. The lowest BCUT2D eigenvalue weighted by Gasteiger charge is -2.43. The van der Waals surface area contributed by atoms with Gasteiger partial charge < -0.3 is 36.4 Å². The molecule has 0 spiro atoms. The van der Waals surface area contributed by atoms with Crippen molar-refractivity contribution >= 4 is 63.6 Å². The Kier molecular flexibility index (Phi) is 14.8. The molecule has 0 rings (SSSR count). The van der Waals surface area contributed by atoms with Crippen LogP contribution in [0.5, 0.6) is 0 Å². The number of hydrogen-bond donors (Lipinski definition) is 2. The second-order valence-electron chi connectivity index (χ2n) is 13.4. The first-order valence-corrected chi connectivity index (χ1v) is 30.1. The lowest BCUT2D eigenvalue weighted by atomic mass is 10.1. The van der Waals surface area contributed by atoms with Crippen LogP contribution < -0.4 is 11.1 Å². The third-order valence-corrected chi connectivity index (χ3v) is 22.0. The van der Waals surface area contributed by atoms with Crippen molar-refractivity contribution in [1.82, 2.24) is 5.32 Å². The van der Waals surface area contributed by atoms with Crippen molar-refractivity contribution in [3.05, 3.63) is 12.2 Å². The Labute approximate surface area is 238 Å². The number of carbonyl (C=O) groups is 2. The van der Waals surface area contributed by atoms with Crippen molar-refractivity contribution in [2.75, 3.05) is 6.61 Å². The van der Waals surface area contributed by atoms with Gasteiger partial charge in [0.1, 0.15) is 0 Å². The van der Waals surface area contributed by atoms with E-state index in [2.05, 4.69) is 90.5 Å². The molecule has 0 radical (unpaired) electrons. The normalized spacial score (nSPS) is 14.4. The fourth-order valence-electron chi connectivity index (χ4n) is 3.22. The second kappa shape index (κ2) is 15.0. The quantitative estimate of drug-likeness (QED) is 0.121. The number of hydrogen-bond acceptors (Lipinski definition) is 8. The first kappa shape index (κ1) is 37.6. The largest absolute Gasteiger partial charge is 0.472 e. The molecule has 0 saturated carbocycles. The minimum Gasteiger partial charge on any atom is -0.462 e. The fraction of sp³-hybridized carbons (Fsp3) is 0.818. The van der Waals surface area contributed by atoms with Crippen LogP contribution >= 0.6 is 0 Å². The number of primary amides is 1. The maximum atomic E-state index is 11.8. The SMILES string of the molecule is C=C(C)C(=O)OCCC(CC[Si](O[SiH](O[Si](C)(C)C)O[Si](C)(C)C)(O[Si](C)(C)C)O[Si](C)(C)C)NC(N)=O. The maximum Gasteiger partial charge on any atom is 0.472 e. The summed E-state index contributed by atoms with van der Waals surface area (Å²) in [4.78, 5) is 23.6. The highest BCUT2D eigenvalue weighted by atomic mass is 28.5. The molecule has 2 amide bonds. The lowest BCUT2D eigenvalue weighted by molar-refractivity contribution is -0.139. The Morgan fingerprint density at radius 1 is 0.789 bits per heavy atom. The Hall–Kier alpha value is -0.419. The van der Waals surface area contributed by atoms with E-state index in [1.165, 1.54) is 0 Å². The third-order valence-electron chi connectivity index (χ3n) is 4.29. The number of nitrogens with one attached hydrogen (secondary N) is 1. The van der Waals surface area contributed by atoms with E-state index in [-0.39, 0.29) is 12.6 Å². The summed E-state index contributed by atoms with van der Waals surface area (Å²) in [5.41, 5.74) is 5.79. The van der Waals surface area contributed by atoms with E-state index in [1.54, 1.807) is 6.92 Å². The van der Waals surface area contributed by atoms with Crippen molar-refractivity contribution in [3.63, 3.8) is 0 Å². The number of rotatable bonds is 18. The summed E-state index contributed by atoms with van der Waals surface area (Å²) < 4.78 is 38.8. The predicted molar refractivity (Wildman–Crippen MR) is 168 cm³/mol. The molecule has 16 heteroatoms. The standard InChI is InChI=1S/C22H54N2O8Si6/c1-19(2)21(25)27-17-15-20(24-22(23)26)16-18-38(31-36(9,10)11,32-37(12,13)14)30-33(28-34(3,4)5)29-35(6,7)8/h20,33H,1,15-18H2,2-14H3,(H3,23,24,26). The van der Waals surface area contributed by atoms with Crippen LogP contribution in [0.15, 0.2) is 12.2 Å². The highest BCUT2D eigenvalue weighted by molar-refractivity contribution is 6.89. The number of nitrogens with two attached hydrogens (primary N) is 1. The van der Waals surface area contributed by atoms with Gasteiger partial charge >= 0.3 is 30.3 Å². The van der Waals surface area contributed by atoms with Gasteiger partial charge in [-0.3, -0.25) is 0 Å². The molecule has 0 aromatic carbocycles. The molecule has 224 valence electrons. The van der Waals surface area contributed by atoms with Crippen LogP contribution in [0.3, 0.4) is 0 Å². The summed E-state index contributed by atoms with van der Waals surface area (Å²) in [6.45, 7) is 30.7. The smallest absolute Gasteiger partial charge is 0.462 e. The zero-order valence-corrected chi connectivity index (χ0v) is 32.2. The van der Waals surface area contributed by atoms with Crippen LogP contribution in [0.4, 0.5) is 4.79 Å². The molecule has 38 heavy (non-hydrogen) atoms. The number of ether oxygens (including phenoxy) is 1. The summed E-state index contributed by atoms with van der Waals surface area (Å²) in [5.74, 6) is -0.472. The van der Waals surface area contributed by atoms with Crippen LogP contribution in [0.2, 0.25) is 84.6 Å². The van der Waals surface area contributed by atoms with E-state index >= 15 is 0 Å². The molecule has 0 aliphatic carbocycles. The Morgan fingerprint density at radius 2 is 1.24 bits per heavy atom. The second-order valence-corrected chi connectivity index (χ2v) is 37.2. The number of carbonyl (C=O) groups excluding carboxylic acids is 2. The summed E-state index contributed by atoms with van der Waals surface area (Å²) in [5, 5.41) is 2.78. The first-order valence-electron chi connectivity index (χ1n) is 13.1. The van der Waals surface area contributed by atoms with Crippen LogP contribution in [0.1, 0.15) is 19.8 Å². The van der Waals surface area contributed by atoms with Crippen LogP contribution in [0.25, 0.3) is 0 Å².